The van der Waals surface area contributed by atoms with Crippen LogP contribution in [-0.2, 0) is 0 Å². The van der Waals surface area contributed by atoms with Crippen molar-refractivity contribution in [2.75, 3.05) is 0 Å². The molecule has 6 heavy (non-hydrogen) atoms. The van der Waals surface area contributed by atoms with E-state index in [-0.39, 0.29) is 0 Å². The molecular formula is C3H4N2S. The van der Waals surface area contributed by atoms with E-state index in [1.54, 1.807) is 6.21 Å². The molecular weight excluding hydrogens is 96.1 g/mol. The zero-order valence-corrected chi connectivity index (χ0v) is 3.96. The lowest BCUT2D eigenvalue weighted by Gasteiger charge is -1.81. The second-order valence-corrected chi connectivity index (χ2v) is 1.54. The number of hydrogen-bond acceptors (Lipinski definition) is 2. The van der Waals surface area contributed by atoms with Gasteiger partial charge in [0.05, 0.1) is 0 Å². The Hall–Kier alpha value is -0.440. The minimum absolute atomic E-state index is 0.815. The SMILES string of the molecule is S=C1CC=NN1. The van der Waals surface area contributed by atoms with E-state index in [0.29, 0.717) is 0 Å². The van der Waals surface area contributed by atoms with Crippen LogP contribution < -0.4 is 5.43 Å². The third kappa shape index (κ3) is 0.542. The molecule has 0 aliphatic carbocycles. The first kappa shape index (κ1) is 3.74. The van der Waals surface area contributed by atoms with Gasteiger partial charge >= 0.3 is 0 Å². The van der Waals surface area contributed by atoms with Crippen molar-refractivity contribution in [1.82, 2.24) is 5.43 Å². The molecule has 1 aliphatic rings. The van der Waals surface area contributed by atoms with Crippen molar-refractivity contribution in [2.45, 2.75) is 6.42 Å². The Kier molecular flexibility index (Phi) is 0.837. The Morgan fingerprint density at radius 3 is 3.00 bits per heavy atom. The van der Waals surface area contributed by atoms with E-state index in [2.05, 4.69) is 22.7 Å². The minimum atomic E-state index is 0.815. The van der Waals surface area contributed by atoms with Crippen LogP contribution in [0.15, 0.2) is 5.10 Å². The van der Waals surface area contributed by atoms with E-state index in [9.17, 15) is 0 Å². The Morgan fingerprint density at radius 1 is 2.00 bits per heavy atom. The third-order valence-electron chi connectivity index (χ3n) is 0.557. The monoisotopic (exact) mass is 100 g/mol. The van der Waals surface area contributed by atoms with Crippen LogP contribution in [0.3, 0.4) is 0 Å². The molecule has 32 valence electrons. The van der Waals surface area contributed by atoms with E-state index in [0.717, 1.165) is 11.4 Å². The second kappa shape index (κ2) is 1.34. The Bertz CT molecular complexity index is 87.0. The third-order valence-corrected chi connectivity index (χ3v) is 0.815. The van der Waals surface area contributed by atoms with Gasteiger partial charge in [-0.1, -0.05) is 12.2 Å². The smallest absolute Gasteiger partial charge is 0.101 e. The first-order chi connectivity index (χ1) is 2.89. The molecule has 0 saturated carbocycles. The summed E-state index contributed by atoms with van der Waals surface area (Å²) in [6.45, 7) is 0. The van der Waals surface area contributed by atoms with Gasteiger partial charge in [0.15, 0.2) is 0 Å². The van der Waals surface area contributed by atoms with Crippen LogP contribution in [0.4, 0.5) is 0 Å². The first-order valence-corrected chi connectivity index (χ1v) is 2.11. The molecule has 0 saturated heterocycles. The van der Waals surface area contributed by atoms with Crippen LogP contribution in [0, 0.1) is 0 Å². The predicted octanol–water partition coefficient (Wildman–Crippen LogP) is 0.293. The average molecular weight is 100 g/mol. The van der Waals surface area contributed by atoms with Crippen LogP contribution in [-0.4, -0.2) is 11.2 Å². The normalized spacial score (nSPS) is 18.3. The van der Waals surface area contributed by atoms with Crippen molar-refractivity contribution < 1.29 is 0 Å². The van der Waals surface area contributed by atoms with Gasteiger partial charge in [0.1, 0.15) is 4.99 Å². The fourth-order valence-electron chi connectivity index (χ4n) is 0.292. The van der Waals surface area contributed by atoms with Gasteiger partial charge in [-0.15, -0.1) is 0 Å². The molecule has 0 radical (unpaired) electrons. The van der Waals surface area contributed by atoms with Crippen LogP contribution in [0.1, 0.15) is 6.42 Å². The number of hydrogen-bond donors (Lipinski definition) is 1. The van der Waals surface area contributed by atoms with Gasteiger partial charge in [-0.2, -0.15) is 5.10 Å². The summed E-state index contributed by atoms with van der Waals surface area (Å²) in [4.78, 5) is 0.815. The molecule has 1 rings (SSSR count). The predicted molar refractivity (Wildman–Crippen MR) is 28.8 cm³/mol. The van der Waals surface area contributed by atoms with E-state index < -0.39 is 0 Å². The largest absolute Gasteiger partial charge is 0.272 e. The van der Waals surface area contributed by atoms with Gasteiger partial charge in [0.2, 0.25) is 0 Å². The van der Waals surface area contributed by atoms with Crippen molar-refractivity contribution in [1.29, 1.82) is 0 Å². The highest BCUT2D eigenvalue weighted by Crippen LogP contribution is 1.84. The van der Waals surface area contributed by atoms with E-state index in [1.165, 1.54) is 0 Å². The molecule has 1 aliphatic heterocycles. The van der Waals surface area contributed by atoms with Gasteiger partial charge < -0.3 is 0 Å². The zero-order chi connectivity index (χ0) is 4.41. The molecule has 1 heterocycles. The topological polar surface area (TPSA) is 24.4 Å². The summed E-state index contributed by atoms with van der Waals surface area (Å²) in [5.41, 5.74) is 2.62. The molecule has 0 unspecified atom stereocenters. The Labute approximate surface area is 41.2 Å². The lowest BCUT2D eigenvalue weighted by atomic mass is 10.5. The molecule has 0 spiro atoms. The zero-order valence-electron chi connectivity index (χ0n) is 3.14. The number of nitrogens with zero attached hydrogens (tertiary/aromatic N) is 1. The molecule has 0 atom stereocenters. The van der Waals surface area contributed by atoms with E-state index >= 15 is 0 Å². The quantitative estimate of drug-likeness (QED) is 0.442. The van der Waals surface area contributed by atoms with Gasteiger partial charge in [-0.05, 0) is 0 Å². The molecule has 2 nitrogen and oxygen atoms in total. The van der Waals surface area contributed by atoms with Crippen LogP contribution in [0.5, 0.6) is 0 Å². The first-order valence-electron chi connectivity index (χ1n) is 1.70. The maximum Gasteiger partial charge on any atom is 0.101 e. The summed E-state index contributed by atoms with van der Waals surface area (Å²) in [5, 5.41) is 3.65. The maximum atomic E-state index is 4.68. The summed E-state index contributed by atoms with van der Waals surface area (Å²) in [5.74, 6) is 0. The molecule has 0 amide bonds. The van der Waals surface area contributed by atoms with E-state index in [4.69, 9.17) is 0 Å². The Balaban J connectivity index is 2.52. The van der Waals surface area contributed by atoms with E-state index in [1.807, 2.05) is 0 Å². The average Bonchev–Trinajstić information content (AvgIpc) is 1.86. The maximum absolute atomic E-state index is 4.68. The van der Waals surface area contributed by atoms with Gasteiger partial charge in [-0.3, -0.25) is 5.43 Å². The van der Waals surface area contributed by atoms with Crippen molar-refractivity contribution in [3.63, 3.8) is 0 Å². The molecule has 0 aromatic carbocycles. The van der Waals surface area contributed by atoms with Crippen molar-refractivity contribution in [3.05, 3.63) is 0 Å². The molecule has 3 heteroatoms. The van der Waals surface area contributed by atoms with Crippen molar-refractivity contribution in [3.8, 4) is 0 Å². The molecule has 0 aromatic heterocycles. The molecule has 1 N–H and O–H groups in total. The van der Waals surface area contributed by atoms with Crippen LogP contribution in [0.2, 0.25) is 0 Å². The minimum Gasteiger partial charge on any atom is -0.272 e. The summed E-state index contributed by atoms with van der Waals surface area (Å²) in [6.07, 6.45) is 2.57. The summed E-state index contributed by atoms with van der Waals surface area (Å²) >= 11 is 4.68. The molecule has 0 bridgehead atoms. The fraction of sp³-hybridized carbons (Fsp3) is 0.333. The fourth-order valence-corrected chi connectivity index (χ4v) is 0.419. The standard InChI is InChI=1S/C3H4N2S/c6-3-1-2-4-5-3/h2H,1H2,(H,5,6). The van der Waals surface area contributed by atoms with Gasteiger partial charge in [0, 0.05) is 12.6 Å². The van der Waals surface area contributed by atoms with Gasteiger partial charge in [0.25, 0.3) is 0 Å². The number of hydrazone groups is 1. The second-order valence-electron chi connectivity index (χ2n) is 1.05. The van der Waals surface area contributed by atoms with Crippen LogP contribution >= 0.6 is 12.2 Å². The van der Waals surface area contributed by atoms with Crippen LogP contribution in [0.25, 0.3) is 0 Å². The lowest BCUT2D eigenvalue weighted by Crippen LogP contribution is -2.05. The van der Waals surface area contributed by atoms with Crippen molar-refractivity contribution >= 4 is 23.4 Å². The lowest BCUT2D eigenvalue weighted by molar-refractivity contribution is 1.08. The highest BCUT2D eigenvalue weighted by atomic mass is 32.1. The van der Waals surface area contributed by atoms with Gasteiger partial charge in [-0.25, -0.2) is 0 Å². The number of nitrogens with one attached hydrogen (secondary N) is 1. The summed E-state index contributed by atoms with van der Waals surface area (Å²) < 4.78 is 0. The Morgan fingerprint density at radius 2 is 2.83 bits per heavy atom. The molecule has 0 fully saturated rings. The highest BCUT2D eigenvalue weighted by molar-refractivity contribution is 7.80. The summed E-state index contributed by atoms with van der Waals surface area (Å²) in [6, 6.07) is 0. The summed E-state index contributed by atoms with van der Waals surface area (Å²) in [7, 11) is 0. The number of thiocarbonyl (C=S) groups is 1. The number of rotatable bonds is 0. The van der Waals surface area contributed by atoms with Crippen molar-refractivity contribution in [2.24, 2.45) is 5.10 Å². The highest BCUT2D eigenvalue weighted by Gasteiger charge is 1.94. The molecule has 0 aromatic rings.